The van der Waals surface area contributed by atoms with Crippen molar-refractivity contribution in [3.63, 3.8) is 0 Å². The maximum absolute atomic E-state index is 6.22. The third-order valence-electron chi connectivity index (χ3n) is 4.59. The first kappa shape index (κ1) is 24.3. The minimum atomic E-state index is -1.94. The van der Waals surface area contributed by atoms with E-state index in [2.05, 4.69) is 6.92 Å². The minimum Gasteiger partial charge on any atom is -0.176 e. The van der Waals surface area contributed by atoms with Gasteiger partial charge in [-0.25, -0.2) is 0 Å². The predicted octanol–water partition coefficient (Wildman–Crippen LogP) is 7.99. The average Bonchev–Trinajstić information content (AvgIpc) is 2.54. The van der Waals surface area contributed by atoms with Gasteiger partial charge in [0.05, 0.1) is 0 Å². The third-order valence-corrected chi connectivity index (χ3v) is 18.4. The molecule has 0 nitrogen and oxygen atoms in total. The Kier molecular flexibility index (Phi) is 19.1. The van der Waals surface area contributed by atoms with Crippen molar-refractivity contribution < 1.29 is 0 Å². The van der Waals surface area contributed by atoms with Crippen molar-refractivity contribution in [1.82, 2.24) is 0 Å². The summed E-state index contributed by atoms with van der Waals surface area (Å²) in [6, 6.07) is 1.02. The van der Waals surface area contributed by atoms with Gasteiger partial charge in [0.15, 0.2) is 8.35 Å². The van der Waals surface area contributed by atoms with Crippen LogP contribution in [0.2, 0.25) is 6.04 Å². The molecule has 0 saturated heterocycles. The standard InChI is InChI=1S/C18H39Cl3Si2/c1-2-3-4-5-6-7-8-9-10-11-12-13-14-15-16-17-18-23(20,21)22-19/h2-18,22H2,1H3. The van der Waals surface area contributed by atoms with Crippen LogP contribution in [0.15, 0.2) is 0 Å². The van der Waals surface area contributed by atoms with Crippen LogP contribution in [-0.2, 0) is 0 Å². The summed E-state index contributed by atoms with van der Waals surface area (Å²) in [5.74, 6) is 0. The molecule has 140 valence electrons. The van der Waals surface area contributed by atoms with Gasteiger partial charge in [0.1, 0.15) is 0 Å². The average molecular weight is 418 g/mol. The SMILES string of the molecule is CCCCCCCCCCCCCCCCCC[Si](Cl)(Cl)[SiH2]Cl. The van der Waals surface area contributed by atoms with Crippen LogP contribution < -0.4 is 0 Å². The molecule has 0 spiro atoms. The fraction of sp³-hybridized carbons (Fsp3) is 1.00. The van der Waals surface area contributed by atoms with Crippen molar-refractivity contribution in [3.05, 3.63) is 0 Å². The van der Waals surface area contributed by atoms with Crippen LogP contribution in [0.5, 0.6) is 0 Å². The summed E-state index contributed by atoms with van der Waals surface area (Å²) in [6.45, 7) is 2.29. The van der Waals surface area contributed by atoms with Crippen LogP contribution in [0.1, 0.15) is 110 Å². The molecular weight excluding hydrogens is 379 g/mol. The van der Waals surface area contributed by atoms with E-state index < -0.39 is 14.6 Å². The fourth-order valence-corrected chi connectivity index (χ4v) is 7.05. The van der Waals surface area contributed by atoms with E-state index in [0.29, 0.717) is 0 Å². The van der Waals surface area contributed by atoms with E-state index in [4.69, 9.17) is 33.2 Å². The van der Waals surface area contributed by atoms with Gasteiger partial charge in [-0.05, 0) is 6.04 Å². The van der Waals surface area contributed by atoms with E-state index in [1.807, 2.05) is 0 Å². The first-order chi connectivity index (χ1) is 11.1. The van der Waals surface area contributed by atoms with Gasteiger partial charge in [-0.2, -0.15) is 11.1 Å². The largest absolute Gasteiger partial charge is 0.249 e. The molecule has 0 atom stereocenters. The molecule has 0 fully saturated rings. The van der Waals surface area contributed by atoms with Crippen molar-refractivity contribution in [2.24, 2.45) is 0 Å². The van der Waals surface area contributed by atoms with E-state index >= 15 is 0 Å². The minimum absolute atomic E-state index is 0.682. The van der Waals surface area contributed by atoms with Crippen LogP contribution >= 0.6 is 33.2 Å². The Morgan fingerprint density at radius 1 is 0.565 bits per heavy atom. The summed E-state index contributed by atoms with van der Waals surface area (Å²) in [4.78, 5) is 0. The molecule has 0 aromatic rings. The zero-order chi connectivity index (χ0) is 17.2. The van der Waals surface area contributed by atoms with E-state index in [1.54, 1.807) is 0 Å². The molecule has 0 radical (unpaired) electrons. The normalized spacial score (nSPS) is 12.5. The summed E-state index contributed by atoms with van der Waals surface area (Å²) in [7, 11) is -0.682. The Labute approximate surface area is 163 Å². The fourth-order valence-electron chi connectivity index (χ4n) is 3.00. The Bertz CT molecular complexity index is 238. The predicted molar refractivity (Wildman–Crippen MR) is 116 cm³/mol. The maximum Gasteiger partial charge on any atom is 0.249 e. The lowest BCUT2D eigenvalue weighted by Crippen LogP contribution is -2.24. The van der Waals surface area contributed by atoms with Gasteiger partial charge in [0, 0.05) is 0 Å². The van der Waals surface area contributed by atoms with Crippen LogP contribution in [-0.4, -0.2) is 14.6 Å². The van der Waals surface area contributed by atoms with Crippen LogP contribution in [0.4, 0.5) is 0 Å². The van der Waals surface area contributed by atoms with Crippen molar-refractivity contribution in [3.8, 4) is 0 Å². The molecule has 0 aromatic carbocycles. The molecule has 0 heterocycles. The second-order valence-corrected chi connectivity index (χ2v) is 24.0. The Balaban J connectivity index is 3.05. The first-order valence-electron chi connectivity index (χ1n) is 10.1. The third kappa shape index (κ3) is 19.5. The zero-order valence-electron chi connectivity index (χ0n) is 15.4. The van der Waals surface area contributed by atoms with Crippen LogP contribution in [0.3, 0.4) is 0 Å². The van der Waals surface area contributed by atoms with Gasteiger partial charge in [0.25, 0.3) is 0 Å². The number of rotatable bonds is 18. The molecule has 0 aromatic heterocycles. The lowest BCUT2D eigenvalue weighted by molar-refractivity contribution is 0.531. The maximum atomic E-state index is 6.22. The van der Waals surface area contributed by atoms with Crippen molar-refractivity contribution in [1.29, 1.82) is 0 Å². The van der Waals surface area contributed by atoms with Gasteiger partial charge in [-0.15, -0.1) is 22.2 Å². The Hall–Kier alpha value is 1.30. The van der Waals surface area contributed by atoms with Crippen molar-refractivity contribution in [2.45, 2.75) is 116 Å². The van der Waals surface area contributed by atoms with Crippen molar-refractivity contribution in [2.75, 3.05) is 0 Å². The van der Waals surface area contributed by atoms with Crippen molar-refractivity contribution >= 4 is 47.8 Å². The van der Waals surface area contributed by atoms with Gasteiger partial charge < -0.3 is 0 Å². The topological polar surface area (TPSA) is 0 Å². The molecule has 0 saturated carbocycles. The van der Waals surface area contributed by atoms with Gasteiger partial charge in [-0.3, -0.25) is 0 Å². The highest BCUT2D eigenvalue weighted by molar-refractivity contribution is 7.73. The summed E-state index contributed by atoms with van der Waals surface area (Å²) < 4.78 is 0. The summed E-state index contributed by atoms with van der Waals surface area (Å²) >= 11 is 18.3. The van der Waals surface area contributed by atoms with Crippen LogP contribution in [0, 0.1) is 0 Å². The molecule has 0 rings (SSSR count). The monoisotopic (exact) mass is 416 g/mol. The number of unbranched alkanes of at least 4 members (excludes halogenated alkanes) is 15. The quantitative estimate of drug-likeness (QED) is 0.120. The summed E-state index contributed by atoms with van der Waals surface area (Å²) in [6.07, 6.45) is 20.5. The van der Waals surface area contributed by atoms with Gasteiger partial charge >= 0.3 is 0 Å². The van der Waals surface area contributed by atoms with E-state index in [-0.39, 0.29) is 0 Å². The second kappa shape index (κ2) is 18.1. The number of halogens is 3. The highest BCUT2D eigenvalue weighted by Crippen LogP contribution is 2.23. The van der Waals surface area contributed by atoms with E-state index in [1.165, 1.54) is 103 Å². The summed E-state index contributed by atoms with van der Waals surface area (Å²) in [5.41, 5.74) is 0. The molecule has 0 aliphatic carbocycles. The second-order valence-electron chi connectivity index (χ2n) is 7.04. The highest BCUT2D eigenvalue weighted by atomic mass is 35.7. The highest BCUT2D eigenvalue weighted by Gasteiger charge is 2.26. The molecule has 5 heteroatoms. The van der Waals surface area contributed by atoms with Gasteiger partial charge in [-0.1, -0.05) is 110 Å². The summed E-state index contributed by atoms with van der Waals surface area (Å²) in [5, 5.41) is 0. The first-order valence-corrected chi connectivity index (χ1v) is 18.8. The number of hydrogen-bond acceptors (Lipinski definition) is 0. The van der Waals surface area contributed by atoms with Gasteiger partial charge in [0.2, 0.25) is 6.21 Å². The van der Waals surface area contributed by atoms with E-state index in [0.717, 1.165) is 6.04 Å². The lowest BCUT2D eigenvalue weighted by Gasteiger charge is -2.11. The Morgan fingerprint density at radius 2 is 0.870 bits per heavy atom. The molecule has 0 bridgehead atoms. The molecule has 0 unspecified atom stereocenters. The Morgan fingerprint density at radius 3 is 1.17 bits per heavy atom. The molecule has 0 amide bonds. The number of hydrogen-bond donors (Lipinski definition) is 0. The van der Waals surface area contributed by atoms with E-state index in [9.17, 15) is 0 Å². The zero-order valence-corrected chi connectivity index (χ0v) is 20.0. The molecule has 0 aliphatic heterocycles. The lowest BCUT2D eigenvalue weighted by atomic mass is 10.0. The smallest absolute Gasteiger partial charge is 0.176 e. The molecule has 0 N–H and O–H groups in total. The van der Waals surface area contributed by atoms with Crippen LogP contribution in [0.25, 0.3) is 0 Å². The molecule has 23 heavy (non-hydrogen) atoms. The molecule has 0 aliphatic rings. The molecular formula is C18H39Cl3Si2.